The molecule has 0 saturated heterocycles. The van der Waals surface area contributed by atoms with Crippen molar-refractivity contribution in [1.29, 1.82) is 0 Å². The monoisotopic (exact) mass is 229 g/mol. The molecule has 0 bridgehead atoms. The maximum absolute atomic E-state index is 13.6. The molecule has 1 aromatic rings. The van der Waals surface area contributed by atoms with Gasteiger partial charge in [0.1, 0.15) is 5.82 Å². The van der Waals surface area contributed by atoms with Gasteiger partial charge >= 0.3 is 0 Å². The van der Waals surface area contributed by atoms with Crippen molar-refractivity contribution in [3.63, 3.8) is 0 Å². The summed E-state index contributed by atoms with van der Waals surface area (Å²) in [6.07, 6.45) is 2.78. The van der Waals surface area contributed by atoms with Gasteiger partial charge in [0.2, 0.25) is 0 Å². The zero-order valence-corrected chi connectivity index (χ0v) is 9.73. The lowest BCUT2D eigenvalue weighted by molar-refractivity contribution is 0.475. The molecule has 1 nitrogen and oxygen atoms in total. The summed E-state index contributed by atoms with van der Waals surface area (Å²) in [5.74, 6) is 0.0525. The molecule has 1 aromatic carbocycles. The number of hydrogen-bond donors (Lipinski definition) is 1. The lowest BCUT2D eigenvalue weighted by Crippen LogP contribution is -2.17. The Hall–Kier alpha value is -0.600. The molecular formula is C12H17ClFN. The second-order valence-corrected chi connectivity index (χ2v) is 4.21. The average molecular weight is 230 g/mol. The molecule has 1 atom stereocenters. The highest BCUT2D eigenvalue weighted by molar-refractivity contribution is 6.30. The van der Waals surface area contributed by atoms with Crippen molar-refractivity contribution in [3.05, 3.63) is 34.6 Å². The first-order valence-corrected chi connectivity index (χ1v) is 5.69. The van der Waals surface area contributed by atoms with Gasteiger partial charge in [0, 0.05) is 0 Å². The molecule has 0 saturated carbocycles. The smallest absolute Gasteiger partial charge is 0.144 e. The van der Waals surface area contributed by atoms with Crippen LogP contribution in [0.1, 0.15) is 25.3 Å². The van der Waals surface area contributed by atoms with Gasteiger partial charge in [-0.15, -0.1) is 0 Å². The number of hydrogen-bond acceptors (Lipinski definition) is 1. The maximum atomic E-state index is 13.6. The SMILES string of the molecule is CCCC(CN)Cc1cccc(Cl)c1F. The van der Waals surface area contributed by atoms with Gasteiger partial charge in [0.15, 0.2) is 0 Å². The molecule has 0 aromatic heterocycles. The van der Waals surface area contributed by atoms with Crippen LogP contribution in [-0.2, 0) is 6.42 Å². The fourth-order valence-electron chi connectivity index (χ4n) is 1.73. The topological polar surface area (TPSA) is 26.0 Å². The molecule has 15 heavy (non-hydrogen) atoms. The molecule has 1 unspecified atom stereocenters. The molecule has 84 valence electrons. The third-order valence-corrected chi connectivity index (χ3v) is 2.86. The number of benzene rings is 1. The van der Waals surface area contributed by atoms with Crippen LogP contribution in [0, 0.1) is 11.7 Å². The van der Waals surface area contributed by atoms with E-state index in [1.54, 1.807) is 18.2 Å². The van der Waals surface area contributed by atoms with E-state index in [9.17, 15) is 4.39 Å². The predicted molar refractivity (Wildman–Crippen MR) is 62.6 cm³/mol. The Labute approximate surface area is 95.4 Å². The molecule has 2 N–H and O–H groups in total. The quantitative estimate of drug-likeness (QED) is 0.823. The van der Waals surface area contributed by atoms with E-state index in [1.165, 1.54) is 0 Å². The number of halogens is 2. The molecule has 0 amide bonds. The number of nitrogens with two attached hydrogens (primary N) is 1. The van der Waals surface area contributed by atoms with Gasteiger partial charge in [0.25, 0.3) is 0 Å². The van der Waals surface area contributed by atoms with Gasteiger partial charge in [-0.25, -0.2) is 4.39 Å². The van der Waals surface area contributed by atoms with Crippen LogP contribution >= 0.6 is 11.6 Å². The van der Waals surface area contributed by atoms with Crippen molar-refractivity contribution in [1.82, 2.24) is 0 Å². The van der Waals surface area contributed by atoms with Crippen LogP contribution in [0.2, 0.25) is 5.02 Å². The van der Waals surface area contributed by atoms with Crippen molar-refractivity contribution in [3.8, 4) is 0 Å². The first-order chi connectivity index (χ1) is 7.19. The summed E-state index contributed by atoms with van der Waals surface area (Å²) in [7, 11) is 0. The van der Waals surface area contributed by atoms with E-state index in [-0.39, 0.29) is 10.8 Å². The molecule has 0 fully saturated rings. The fourth-order valence-corrected chi connectivity index (χ4v) is 1.92. The van der Waals surface area contributed by atoms with Crippen molar-refractivity contribution in [2.75, 3.05) is 6.54 Å². The van der Waals surface area contributed by atoms with E-state index < -0.39 is 0 Å². The van der Waals surface area contributed by atoms with Crippen LogP contribution in [0.25, 0.3) is 0 Å². The van der Waals surface area contributed by atoms with E-state index in [4.69, 9.17) is 17.3 Å². The maximum Gasteiger partial charge on any atom is 0.144 e. The van der Waals surface area contributed by atoms with Gasteiger partial charge < -0.3 is 5.73 Å². The van der Waals surface area contributed by atoms with Crippen LogP contribution in [-0.4, -0.2) is 6.54 Å². The molecule has 3 heteroatoms. The van der Waals surface area contributed by atoms with E-state index >= 15 is 0 Å². The Bertz CT molecular complexity index is 314. The Morgan fingerprint density at radius 3 is 2.80 bits per heavy atom. The second-order valence-electron chi connectivity index (χ2n) is 3.81. The summed E-state index contributed by atoms with van der Waals surface area (Å²) in [6.45, 7) is 2.71. The predicted octanol–water partition coefficient (Wildman–Crippen LogP) is 3.40. The van der Waals surface area contributed by atoms with Gasteiger partial charge in [-0.1, -0.05) is 37.1 Å². The standard InChI is InChI=1S/C12H17ClFN/c1-2-4-9(8-15)7-10-5-3-6-11(13)12(10)14/h3,5-6,9H,2,4,7-8,15H2,1H3. The molecule has 0 aliphatic rings. The zero-order chi connectivity index (χ0) is 11.3. The largest absolute Gasteiger partial charge is 0.330 e. The van der Waals surface area contributed by atoms with Gasteiger partial charge in [-0.2, -0.15) is 0 Å². The highest BCUT2D eigenvalue weighted by atomic mass is 35.5. The molecule has 0 radical (unpaired) electrons. The van der Waals surface area contributed by atoms with Crippen LogP contribution in [0.4, 0.5) is 4.39 Å². The Kier molecular flexibility index (Phi) is 5.06. The molecule has 0 aliphatic carbocycles. The summed E-state index contributed by atoms with van der Waals surface area (Å²) in [5, 5.41) is 0.194. The van der Waals surface area contributed by atoms with Crippen molar-refractivity contribution in [2.24, 2.45) is 11.7 Å². The first kappa shape index (κ1) is 12.5. The van der Waals surface area contributed by atoms with Gasteiger partial charge in [0.05, 0.1) is 5.02 Å². The minimum absolute atomic E-state index is 0.194. The van der Waals surface area contributed by atoms with E-state index in [2.05, 4.69) is 6.92 Å². The summed E-state index contributed by atoms with van der Waals surface area (Å²) >= 11 is 5.71. The summed E-state index contributed by atoms with van der Waals surface area (Å²) in [4.78, 5) is 0. The van der Waals surface area contributed by atoms with Gasteiger partial charge in [-0.3, -0.25) is 0 Å². The van der Waals surface area contributed by atoms with Gasteiger partial charge in [-0.05, 0) is 36.9 Å². The van der Waals surface area contributed by atoms with Crippen LogP contribution in [0.5, 0.6) is 0 Å². The van der Waals surface area contributed by atoms with Crippen LogP contribution in [0.3, 0.4) is 0 Å². The third kappa shape index (κ3) is 3.47. The molecule has 1 rings (SSSR count). The van der Waals surface area contributed by atoms with Crippen LogP contribution in [0.15, 0.2) is 18.2 Å². The second kappa shape index (κ2) is 6.09. The van der Waals surface area contributed by atoms with E-state index in [0.29, 0.717) is 24.4 Å². The summed E-state index contributed by atoms with van der Waals surface area (Å²) in [6, 6.07) is 5.12. The van der Waals surface area contributed by atoms with Crippen molar-refractivity contribution in [2.45, 2.75) is 26.2 Å². The zero-order valence-electron chi connectivity index (χ0n) is 8.97. The molecule has 0 spiro atoms. The summed E-state index contributed by atoms with van der Waals surface area (Å²) < 4.78 is 13.6. The minimum Gasteiger partial charge on any atom is -0.330 e. The van der Waals surface area contributed by atoms with E-state index in [1.807, 2.05) is 0 Å². The normalized spacial score (nSPS) is 12.8. The highest BCUT2D eigenvalue weighted by Gasteiger charge is 2.11. The lowest BCUT2D eigenvalue weighted by atomic mass is 9.95. The van der Waals surface area contributed by atoms with E-state index in [0.717, 1.165) is 12.8 Å². The third-order valence-electron chi connectivity index (χ3n) is 2.57. The Morgan fingerprint density at radius 2 is 2.20 bits per heavy atom. The first-order valence-electron chi connectivity index (χ1n) is 5.32. The Balaban J connectivity index is 2.74. The number of rotatable bonds is 5. The average Bonchev–Trinajstić information content (AvgIpc) is 2.24. The minimum atomic E-state index is -0.297. The Morgan fingerprint density at radius 1 is 1.47 bits per heavy atom. The summed E-state index contributed by atoms with van der Waals surface area (Å²) in [5.41, 5.74) is 6.31. The fraction of sp³-hybridized carbons (Fsp3) is 0.500. The lowest BCUT2D eigenvalue weighted by Gasteiger charge is -2.14. The highest BCUT2D eigenvalue weighted by Crippen LogP contribution is 2.21. The molecule has 0 aliphatic heterocycles. The van der Waals surface area contributed by atoms with Crippen molar-refractivity contribution >= 4 is 11.6 Å². The molecule has 0 heterocycles. The van der Waals surface area contributed by atoms with Crippen molar-refractivity contribution < 1.29 is 4.39 Å². The van der Waals surface area contributed by atoms with Crippen LogP contribution < -0.4 is 5.73 Å². The molecular weight excluding hydrogens is 213 g/mol.